The normalized spacial score (nSPS) is 12.0. The Kier molecular flexibility index (Phi) is 9.01. The van der Waals surface area contributed by atoms with Gasteiger partial charge in [-0.15, -0.1) is 0 Å². The summed E-state index contributed by atoms with van der Waals surface area (Å²) < 4.78 is 77.6. The van der Waals surface area contributed by atoms with E-state index in [1.165, 1.54) is 19.2 Å². The Morgan fingerprint density at radius 2 is 1.64 bits per heavy atom. The van der Waals surface area contributed by atoms with E-state index in [0.29, 0.717) is 11.1 Å². The van der Waals surface area contributed by atoms with E-state index in [-0.39, 0.29) is 34.8 Å². The van der Waals surface area contributed by atoms with E-state index in [0.717, 1.165) is 34.2 Å². The number of hydrogen-bond acceptors (Lipinski definition) is 6. The first-order valence-electron chi connectivity index (χ1n) is 14.2. The quantitative estimate of drug-likeness (QED) is 0.152. The average Bonchev–Trinajstić information content (AvgIpc) is 3.53. The third kappa shape index (κ3) is 7.08. The molecule has 1 N–H and O–H groups in total. The number of benzene rings is 2. The van der Waals surface area contributed by atoms with Crippen molar-refractivity contribution in [3.05, 3.63) is 113 Å². The van der Waals surface area contributed by atoms with Crippen molar-refractivity contribution in [2.45, 2.75) is 45.0 Å². The number of methoxy groups -OCH3 is 1. The van der Waals surface area contributed by atoms with Gasteiger partial charge in [-0.2, -0.15) is 13.2 Å². The number of furan rings is 1. The molecule has 0 unspecified atom stereocenters. The average molecular weight is 654 g/mol. The Balaban J connectivity index is 1.52. The topological polar surface area (TPSA) is 106 Å². The van der Waals surface area contributed by atoms with Gasteiger partial charge in [-0.3, -0.25) is 9.59 Å². The maximum Gasteiger partial charge on any atom is 0.449 e. The number of aliphatic carboxylic acids is 1. The number of amides is 1. The molecule has 0 aliphatic rings. The molecular weight excluding hydrogens is 625 g/mol. The lowest BCUT2D eigenvalue weighted by atomic mass is 9.83. The molecule has 5 rings (SSSR count). The molecule has 0 atom stereocenters. The number of nitrogens with zero attached hydrogens (tertiary/aromatic N) is 3. The summed E-state index contributed by atoms with van der Waals surface area (Å²) in [5.74, 6) is -3.13. The van der Waals surface area contributed by atoms with Crippen LogP contribution < -0.4 is 4.74 Å². The second-order valence-corrected chi connectivity index (χ2v) is 11.2. The minimum atomic E-state index is -4.76. The van der Waals surface area contributed by atoms with E-state index in [1.54, 1.807) is 56.3 Å². The van der Waals surface area contributed by atoms with Crippen molar-refractivity contribution in [2.75, 3.05) is 7.11 Å². The van der Waals surface area contributed by atoms with Crippen molar-refractivity contribution in [1.29, 1.82) is 0 Å². The van der Waals surface area contributed by atoms with Gasteiger partial charge in [0, 0.05) is 12.6 Å². The molecular formula is C34H28F5N3O5. The predicted octanol–water partition coefficient (Wildman–Crippen LogP) is 8.06. The predicted molar refractivity (Wildman–Crippen MR) is 161 cm³/mol. The Bertz CT molecular complexity index is 1940. The smallest absolute Gasteiger partial charge is 0.449 e. The number of rotatable bonds is 10. The number of hydrogen-bond donors (Lipinski definition) is 1. The zero-order chi connectivity index (χ0) is 34.1. The number of halogens is 5. The van der Waals surface area contributed by atoms with Crippen molar-refractivity contribution in [3.8, 4) is 17.0 Å². The summed E-state index contributed by atoms with van der Waals surface area (Å²) >= 11 is 0. The van der Waals surface area contributed by atoms with Crippen LogP contribution in [0.25, 0.3) is 22.2 Å². The summed E-state index contributed by atoms with van der Waals surface area (Å²) in [6.07, 6.45) is -7.78. The highest BCUT2D eigenvalue weighted by atomic mass is 19.4. The summed E-state index contributed by atoms with van der Waals surface area (Å²) in [7, 11) is 1.34. The number of carbonyl (C=O) groups is 2. The molecule has 0 saturated heterocycles. The van der Waals surface area contributed by atoms with Crippen molar-refractivity contribution < 1.29 is 45.8 Å². The lowest BCUT2D eigenvalue weighted by Gasteiger charge is -2.23. The molecule has 5 aromatic rings. The number of carbonyl (C=O) groups excluding carboxylic acids is 1. The second kappa shape index (κ2) is 12.8. The Morgan fingerprint density at radius 1 is 0.915 bits per heavy atom. The minimum absolute atomic E-state index is 0.00177. The molecule has 13 heteroatoms. The van der Waals surface area contributed by atoms with E-state index >= 15 is 0 Å². The zero-order valence-corrected chi connectivity index (χ0v) is 25.3. The lowest BCUT2D eigenvalue weighted by molar-refractivity contribution is -0.153. The number of carboxylic acid groups (broad SMARTS) is 1. The van der Waals surface area contributed by atoms with Crippen LogP contribution >= 0.6 is 0 Å². The number of pyridine rings is 2. The molecule has 1 amide bonds. The van der Waals surface area contributed by atoms with Crippen molar-refractivity contribution in [3.63, 3.8) is 0 Å². The highest BCUT2D eigenvalue weighted by Gasteiger charge is 2.35. The fraction of sp³-hybridized carbons (Fsp3) is 0.235. The van der Waals surface area contributed by atoms with Crippen molar-refractivity contribution in [1.82, 2.24) is 14.9 Å². The van der Waals surface area contributed by atoms with Crippen LogP contribution in [0.3, 0.4) is 0 Å². The van der Waals surface area contributed by atoms with Gasteiger partial charge in [0.05, 0.1) is 30.1 Å². The monoisotopic (exact) mass is 653 g/mol. The Morgan fingerprint density at radius 3 is 2.26 bits per heavy atom. The van der Waals surface area contributed by atoms with Crippen molar-refractivity contribution >= 4 is 22.9 Å². The molecule has 0 aliphatic heterocycles. The van der Waals surface area contributed by atoms with Gasteiger partial charge in [0.15, 0.2) is 0 Å². The fourth-order valence-corrected chi connectivity index (χ4v) is 4.91. The van der Waals surface area contributed by atoms with E-state index in [1.807, 2.05) is 6.07 Å². The van der Waals surface area contributed by atoms with Crippen LogP contribution in [0.2, 0.25) is 0 Å². The maximum atomic E-state index is 14.1. The van der Waals surface area contributed by atoms with Gasteiger partial charge in [-0.1, -0.05) is 48.5 Å². The van der Waals surface area contributed by atoms with Gasteiger partial charge in [0.1, 0.15) is 17.0 Å². The highest BCUT2D eigenvalue weighted by molar-refractivity contribution is 6.04. The van der Waals surface area contributed by atoms with Gasteiger partial charge >= 0.3 is 12.1 Å². The molecule has 0 radical (unpaired) electrons. The molecule has 8 nitrogen and oxygen atoms in total. The summed E-state index contributed by atoms with van der Waals surface area (Å²) in [4.78, 5) is 35.2. The molecule has 0 fully saturated rings. The van der Waals surface area contributed by atoms with Gasteiger partial charge < -0.3 is 19.2 Å². The Labute approximate surface area is 265 Å². The molecule has 244 valence electrons. The van der Waals surface area contributed by atoms with Gasteiger partial charge in [-0.25, -0.2) is 18.7 Å². The molecule has 2 aromatic carbocycles. The SMILES string of the molecule is COc1ccc2nc(C(F)F)cc(C(=O)N(Cc3ccc(-c4cccc(C(C)(C)C(=O)O)c4)cc3)Cc3ccc(C(F)(F)F)o3)c2n1. The third-order valence-electron chi connectivity index (χ3n) is 7.66. The fourth-order valence-electron chi connectivity index (χ4n) is 4.91. The van der Waals surface area contributed by atoms with Gasteiger partial charge in [0.25, 0.3) is 12.3 Å². The Hall–Kier alpha value is -5.33. The van der Waals surface area contributed by atoms with Gasteiger partial charge in [0.2, 0.25) is 11.6 Å². The van der Waals surface area contributed by atoms with Crippen LogP contribution in [0.15, 0.2) is 83.3 Å². The molecule has 0 saturated carbocycles. The first-order valence-corrected chi connectivity index (χ1v) is 14.2. The number of fused-ring (bicyclic) bond motifs is 1. The zero-order valence-electron chi connectivity index (χ0n) is 25.3. The molecule has 47 heavy (non-hydrogen) atoms. The molecule has 0 aliphatic carbocycles. The largest absolute Gasteiger partial charge is 0.481 e. The van der Waals surface area contributed by atoms with Crippen LogP contribution in [0.4, 0.5) is 22.0 Å². The van der Waals surface area contributed by atoms with E-state index < -0.39 is 47.9 Å². The number of aromatic nitrogens is 2. The number of carboxylic acids is 1. The summed E-state index contributed by atoms with van der Waals surface area (Å²) in [6.45, 7) is 2.62. The van der Waals surface area contributed by atoms with Gasteiger partial charge in [-0.05, 0) is 60.4 Å². The minimum Gasteiger partial charge on any atom is -0.481 e. The van der Waals surface area contributed by atoms with E-state index in [2.05, 4.69) is 9.97 Å². The van der Waals surface area contributed by atoms with Crippen LogP contribution in [-0.2, 0) is 29.5 Å². The molecule has 3 heterocycles. The maximum absolute atomic E-state index is 14.1. The second-order valence-electron chi connectivity index (χ2n) is 11.2. The molecule has 0 bridgehead atoms. The molecule has 0 spiro atoms. The van der Waals surface area contributed by atoms with Crippen LogP contribution in [0, 0.1) is 0 Å². The van der Waals surface area contributed by atoms with E-state index in [4.69, 9.17) is 9.15 Å². The van der Waals surface area contributed by atoms with Crippen LogP contribution in [0.1, 0.15) is 59.0 Å². The summed E-state index contributed by atoms with van der Waals surface area (Å²) in [6, 6.07) is 19.5. The summed E-state index contributed by atoms with van der Waals surface area (Å²) in [5, 5.41) is 9.63. The van der Waals surface area contributed by atoms with Crippen molar-refractivity contribution in [2.24, 2.45) is 0 Å². The molecule has 3 aromatic heterocycles. The lowest BCUT2D eigenvalue weighted by Crippen LogP contribution is -2.30. The number of alkyl halides is 5. The first-order chi connectivity index (χ1) is 22.2. The van der Waals surface area contributed by atoms with E-state index in [9.17, 15) is 36.6 Å². The highest BCUT2D eigenvalue weighted by Crippen LogP contribution is 2.33. The standard InChI is InChI=1S/C34H28F5N3O5/c1-33(2,32(44)45)22-6-4-5-21(15-22)20-9-7-19(8-10-20)17-42(18-23-11-13-27(47-23)34(37,38)39)31(43)24-16-26(30(35)36)40-25-12-14-28(46-3)41-29(24)25/h4-16,30H,17-18H2,1-3H3,(H,44,45). The first kappa shape index (κ1) is 33.0. The summed E-state index contributed by atoms with van der Waals surface area (Å²) in [5.41, 5.74) is 0.560. The van der Waals surface area contributed by atoms with Crippen LogP contribution in [-0.4, -0.2) is 39.0 Å². The number of ether oxygens (including phenoxy) is 1. The third-order valence-corrected chi connectivity index (χ3v) is 7.66. The van der Waals surface area contributed by atoms with Crippen LogP contribution in [0.5, 0.6) is 5.88 Å².